The average Bonchev–Trinajstić information content (AvgIpc) is 2.78. The molecule has 8 heteroatoms. The normalized spacial score (nSPS) is 12.5. The van der Waals surface area contributed by atoms with Crippen LogP contribution in [0.4, 0.5) is 4.79 Å². The number of benzene rings is 2. The van der Waals surface area contributed by atoms with Crippen molar-refractivity contribution in [3.63, 3.8) is 0 Å². The number of amides is 2. The van der Waals surface area contributed by atoms with E-state index in [2.05, 4.69) is 10.6 Å². The van der Waals surface area contributed by atoms with Crippen LogP contribution in [-0.4, -0.2) is 42.3 Å². The van der Waals surface area contributed by atoms with E-state index < -0.39 is 30.1 Å². The van der Waals surface area contributed by atoms with Crippen molar-refractivity contribution < 1.29 is 29.0 Å². The highest BCUT2D eigenvalue weighted by molar-refractivity contribution is 5.89. The van der Waals surface area contributed by atoms with Crippen LogP contribution in [0.1, 0.15) is 31.4 Å². The zero-order valence-corrected chi connectivity index (χ0v) is 18.5. The predicted octanol–water partition coefficient (Wildman–Crippen LogP) is 2.93. The number of phenols is 1. The summed E-state index contributed by atoms with van der Waals surface area (Å²) in [6.07, 6.45) is -0.187. The average molecular weight is 443 g/mol. The molecule has 2 aromatic carbocycles. The van der Waals surface area contributed by atoms with Crippen LogP contribution in [-0.2, 0) is 32.1 Å². The minimum Gasteiger partial charge on any atom is -0.508 e. The molecule has 0 fully saturated rings. The van der Waals surface area contributed by atoms with Gasteiger partial charge in [0, 0.05) is 6.42 Å². The molecule has 32 heavy (non-hydrogen) atoms. The Morgan fingerprint density at radius 1 is 0.906 bits per heavy atom. The molecule has 8 nitrogen and oxygen atoms in total. The van der Waals surface area contributed by atoms with Crippen LogP contribution in [0.15, 0.2) is 54.6 Å². The van der Waals surface area contributed by atoms with Gasteiger partial charge < -0.3 is 25.2 Å². The number of hydrogen-bond donors (Lipinski definition) is 3. The molecule has 0 radical (unpaired) electrons. The summed E-state index contributed by atoms with van der Waals surface area (Å²) >= 11 is 0. The fourth-order valence-electron chi connectivity index (χ4n) is 3.09. The van der Waals surface area contributed by atoms with E-state index in [0.717, 1.165) is 11.1 Å². The lowest BCUT2D eigenvalue weighted by Gasteiger charge is -2.23. The Hall–Kier alpha value is -3.55. The first-order valence-electron chi connectivity index (χ1n) is 10.4. The van der Waals surface area contributed by atoms with Gasteiger partial charge in [-0.1, -0.05) is 56.3 Å². The van der Waals surface area contributed by atoms with Crippen molar-refractivity contribution in [2.45, 2.75) is 45.4 Å². The summed E-state index contributed by atoms with van der Waals surface area (Å²) in [7, 11) is 1.24. The monoisotopic (exact) mass is 442 g/mol. The maximum atomic E-state index is 12.9. The molecule has 2 atom stereocenters. The number of rotatable bonds is 10. The van der Waals surface area contributed by atoms with Gasteiger partial charge in [0.15, 0.2) is 0 Å². The van der Waals surface area contributed by atoms with Gasteiger partial charge in [-0.3, -0.25) is 4.79 Å². The molecule has 2 rings (SSSR count). The molecule has 0 heterocycles. The van der Waals surface area contributed by atoms with Gasteiger partial charge in [-0.25, -0.2) is 9.59 Å². The Morgan fingerprint density at radius 2 is 1.56 bits per heavy atom. The van der Waals surface area contributed by atoms with Gasteiger partial charge in [0.1, 0.15) is 24.4 Å². The summed E-state index contributed by atoms with van der Waals surface area (Å²) in [6, 6.07) is 13.7. The van der Waals surface area contributed by atoms with Crippen molar-refractivity contribution in [1.82, 2.24) is 10.6 Å². The van der Waals surface area contributed by atoms with Crippen molar-refractivity contribution in [2.24, 2.45) is 5.92 Å². The van der Waals surface area contributed by atoms with Crippen molar-refractivity contribution in [3.05, 3.63) is 65.7 Å². The number of aromatic hydroxyl groups is 1. The fourth-order valence-corrected chi connectivity index (χ4v) is 3.09. The number of methoxy groups -OCH3 is 1. The third kappa shape index (κ3) is 8.29. The molecule has 0 saturated carbocycles. The number of carbonyl (C=O) groups excluding carboxylic acids is 3. The Balaban J connectivity index is 2.03. The van der Waals surface area contributed by atoms with Crippen molar-refractivity contribution in [3.8, 4) is 5.75 Å². The molecule has 0 aliphatic rings. The second kappa shape index (κ2) is 12.3. The standard InChI is InChI=1S/C24H30N2O6/c1-16(2)13-20(26-24(30)32-15-18-7-5-4-6-8-18)22(28)25-21(23(29)31-3)14-17-9-11-19(27)12-10-17/h4-12,16,20-21,27H,13-15H2,1-3H3,(H,25,28)(H,26,30)/t20-,21+/m1/s1. The Morgan fingerprint density at radius 3 is 2.16 bits per heavy atom. The molecule has 2 amide bonds. The maximum Gasteiger partial charge on any atom is 0.408 e. The highest BCUT2D eigenvalue weighted by Gasteiger charge is 2.28. The smallest absolute Gasteiger partial charge is 0.408 e. The zero-order valence-electron chi connectivity index (χ0n) is 18.5. The number of hydrogen-bond acceptors (Lipinski definition) is 6. The van der Waals surface area contributed by atoms with Crippen LogP contribution < -0.4 is 10.6 Å². The molecule has 0 aliphatic heterocycles. The predicted molar refractivity (Wildman–Crippen MR) is 119 cm³/mol. The van der Waals surface area contributed by atoms with Crippen molar-refractivity contribution in [2.75, 3.05) is 7.11 Å². The second-order valence-corrected chi connectivity index (χ2v) is 7.84. The molecule has 172 valence electrons. The maximum absolute atomic E-state index is 12.9. The lowest BCUT2D eigenvalue weighted by molar-refractivity contribution is -0.145. The molecule has 0 saturated heterocycles. The molecule has 3 N–H and O–H groups in total. The van der Waals surface area contributed by atoms with Crippen LogP contribution >= 0.6 is 0 Å². The van der Waals surface area contributed by atoms with E-state index in [4.69, 9.17) is 9.47 Å². The van der Waals surface area contributed by atoms with Gasteiger partial charge >= 0.3 is 12.1 Å². The van der Waals surface area contributed by atoms with Crippen molar-refractivity contribution >= 4 is 18.0 Å². The Bertz CT molecular complexity index is 883. The second-order valence-electron chi connectivity index (χ2n) is 7.84. The lowest BCUT2D eigenvalue weighted by atomic mass is 10.0. The largest absolute Gasteiger partial charge is 0.508 e. The molecular formula is C24H30N2O6. The highest BCUT2D eigenvalue weighted by Crippen LogP contribution is 2.13. The van der Waals surface area contributed by atoms with Gasteiger partial charge in [0.25, 0.3) is 0 Å². The quantitative estimate of drug-likeness (QED) is 0.488. The summed E-state index contributed by atoms with van der Waals surface area (Å²) < 4.78 is 10.0. The van der Waals surface area contributed by atoms with Gasteiger partial charge in [-0.2, -0.15) is 0 Å². The Labute approximate surface area is 187 Å². The fraction of sp³-hybridized carbons (Fsp3) is 0.375. The van der Waals surface area contributed by atoms with Gasteiger partial charge in [-0.05, 0) is 35.6 Å². The molecule has 0 bridgehead atoms. The summed E-state index contributed by atoms with van der Waals surface area (Å²) in [5, 5.41) is 14.7. The zero-order chi connectivity index (χ0) is 23.5. The molecule has 0 spiro atoms. The number of phenolic OH excluding ortho intramolecular Hbond substituents is 1. The summed E-state index contributed by atoms with van der Waals surface area (Å²) in [6.45, 7) is 3.92. The van der Waals surface area contributed by atoms with E-state index >= 15 is 0 Å². The summed E-state index contributed by atoms with van der Waals surface area (Å²) in [5.74, 6) is -0.914. The number of ether oxygens (including phenoxy) is 2. The van der Waals surface area contributed by atoms with Crippen molar-refractivity contribution in [1.29, 1.82) is 0 Å². The van der Waals surface area contributed by atoms with Gasteiger partial charge in [0.2, 0.25) is 5.91 Å². The van der Waals surface area contributed by atoms with E-state index in [9.17, 15) is 19.5 Å². The third-order valence-corrected chi connectivity index (χ3v) is 4.71. The van der Waals surface area contributed by atoms with Crippen LogP contribution in [0.3, 0.4) is 0 Å². The first-order valence-corrected chi connectivity index (χ1v) is 10.4. The minimum atomic E-state index is -0.950. The number of alkyl carbamates (subject to hydrolysis) is 1. The molecule has 0 unspecified atom stereocenters. The van der Waals surface area contributed by atoms with Gasteiger partial charge in [0.05, 0.1) is 7.11 Å². The SMILES string of the molecule is COC(=O)[C@H](Cc1ccc(O)cc1)NC(=O)[C@@H](CC(C)C)NC(=O)OCc1ccccc1. The van der Waals surface area contributed by atoms with E-state index in [1.54, 1.807) is 12.1 Å². The third-order valence-electron chi connectivity index (χ3n) is 4.71. The van der Waals surface area contributed by atoms with E-state index in [-0.39, 0.29) is 24.7 Å². The van der Waals surface area contributed by atoms with Gasteiger partial charge in [-0.15, -0.1) is 0 Å². The highest BCUT2D eigenvalue weighted by atomic mass is 16.5. The number of nitrogens with one attached hydrogen (secondary N) is 2. The Kier molecular flexibility index (Phi) is 9.53. The molecular weight excluding hydrogens is 412 g/mol. The van der Waals surface area contributed by atoms with Crippen LogP contribution in [0.2, 0.25) is 0 Å². The lowest BCUT2D eigenvalue weighted by Crippen LogP contribution is -2.53. The minimum absolute atomic E-state index is 0.0777. The summed E-state index contributed by atoms with van der Waals surface area (Å²) in [4.78, 5) is 37.5. The first-order chi connectivity index (χ1) is 15.3. The number of esters is 1. The summed E-state index contributed by atoms with van der Waals surface area (Å²) in [5.41, 5.74) is 1.56. The van der Waals surface area contributed by atoms with E-state index in [0.29, 0.717) is 6.42 Å². The molecule has 0 aliphatic carbocycles. The van der Waals surface area contributed by atoms with E-state index in [1.807, 2.05) is 44.2 Å². The van der Waals surface area contributed by atoms with E-state index in [1.165, 1.54) is 19.2 Å². The topological polar surface area (TPSA) is 114 Å². The van der Waals surface area contributed by atoms with Crippen LogP contribution in [0, 0.1) is 5.92 Å². The molecule has 0 aromatic heterocycles. The van der Waals surface area contributed by atoms with Crippen LogP contribution in [0.5, 0.6) is 5.75 Å². The first kappa shape index (κ1) is 24.7. The molecule has 2 aromatic rings. The van der Waals surface area contributed by atoms with Crippen LogP contribution in [0.25, 0.3) is 0 Å². The number of carbonyl (C=O) groups is 3.